The van der Waals surface area contributed by atoms with Crippen molar-refractivity contribution in [1.82, 2.24) is 0 Å². The van der Waals surface area contributed by atoms with Gasteiger partial charge in [-0.05, 0) is 0 Å². The van der Waals surface area contributed by atoms with E-state index in [-0.39, 0.29) is 0 Å². The van der Waals surface area contributed by atoms with Gasteiger partial charge in [-0.15, -0.1) is 12.1 Å². The lowest BCUT2D eigenvalue weighted by Crippen LogP contribution is -2.34. The summed E-state index contributed by atoms with van der Waals surface area (Å²) in [4.78, 5) is 0. The molecule has 0 aliphatic carbocycles. The molecule has 0 aromatic heterocycles. The van der Waals surface area contributed by atoms with E-state index in [9.17, 15) is 29.7 Å². The van der Waals surface area contributed by atoms with Gasteiger partial charge in [-0.1, -0.05) is 0 Å². The molecule has 0 atom stereocenters. The highest BCUT2D eigenvalue weighted by molar-refractivity contribution is 7.76. The monoisotopic (exact) mass is 203 g/mol. The van der Waals surface area contributed by atoms with Crippen molar-refractivity contribution in [3.05, 3.63) is 0 Å². The van der Waals surface area contributed by atoms with Gasteiger partial charge in [0.25, 0.3) is 11.5 Å². The fourth-order valence-corrected chi connectivity index (χ4v) is 0.415. The Kier molecular flexibility index (Phi) is 2.86. The summed E-state index contributed by atoms with van der Waals surface area (Å²) in [6.07, 6.45) is -6.05. The number of alkyl halides is 5. The molecule has 1 nitrogen and oxygen atoms in total. The lowest BCUT2D eigenvalue weighted by molar-refractivity contribution is -0.277. The van der Waals surface area contributed by atoms with Crippen LogP contribution in [-0.2, 0) is 11.5 Å². The molecule has 0 bridgehead atoms. The molecule has 0 aromatic carbocycles. The zero-order valence-electron chi connectivity index (χ0n) is 4.50. The van der Waals surface area contributed by atoms with Gasteiger partial charge in [0.1, 0.15) is 0 Å². The van der Waals surface area contributed by atoms with Crippen molar-refractivity contribution in [2.24, 2.45) is 4.36 Å². The third-order valence-electron chi connectivity index (χ3n) is 0.525. The average molecular weight is 203 g/mol. The van der Waals surface area contributed by atoms with Crippen LogP contribution in [0.4, 0.5) is 29.7 Å². The highest BCUT2D eigenvalue weighted by Crippen LogP contribution is 2.37. The van der Waals surface area contributed by atoms with E-state index in [2.05, 4.69) is 0 Å². The summed E-state index contributed by atoms with van der Waals surface area (Å²) in [5, 5.41) is 0. The van der Waals surface area contributed by atoms with Crippen LogP contribution in [0.2, 0.25) is 0 Å². The topological polar surface area (TPSA) is 12.4 Å². The maximum Gasteiger partial charge on any atom is 0.478 e. The standard InChI is InChI=1S/C2F7NS/c3-1(4,5)2(6,7)10-11(8)9. The molecular weight excluding hydrogens is 203 g/mol. The molecule has 0 N–H and O–H groups in total. The van der Waals surface area contributed by atoms with Crippen LogP contribution in [0, 0.1) is 0 Å². The molecule has 0 aliphatic heterocycles. The molecule has 0 fully saturated rings. The Bertz CT molecular complexity index is 166. The molecule has 0 rings (SSSR count). The molecule has 11 heavy (non-hydrogen) atoms. The largest absolute Gasteiger partial charge is 0.478 e. The third kappa shape index (κ3) is 3.04. The fourth-order valence-electron chi connectivity index (χ4n) is 0.138. The summed E-state index contributed by atoms with van der Waals surface area (Å²) in [7, 11) is 0. The first kappa shape index (κ1) is 10.7. The zero-order valence-corrected chi connectivity index (χ0v) is 5.32. The average Bonchev–Trinajstić information content (AvgIpc) is 1.56. The number of halogens is 7. The van der Waals surface area contributed by atoms with Gasteiger partial charge in [-0.25, -0.2) is 0 Å². The van der Waals surface area contributed by atoms with Crippen LogP contribution in [0.15, 0.2) is 4.36 Å². The minimum absolute atomic E-state index is 0.917. The lowest BCUT2D eigenvalue weighted by Gasteiger charge is -2.12. The van der Waals surface area contributed by atoms with E-state index in [0.717, 1.165) is 4.36 Å². The number of rotatable bonds is 1. The van der Waals surface area contributed by atoms with Crippen LogP contribution in [0.5, 0.6) is 0 Å². The summed E-state index contributed by atoms with van der Waals surface area (Å²) >= 11 is -4.28. The maximum absolute atomic E-state index is 11.4. The second kappa shape index (κ2) is 2.95. The molecule has 0 radical (unpaired) electrons. The van der Waals surface area contributed by atoms with Crippen LogP contribution < -0.4 is 0 Å². The molecule has 0 saturated heterocycles. The molecular formula is C2F7NS. The van der Waals surface area contributed by atoms with Crippen molar-refractivity contribution < 1.29 is 29.7 Å². The van der Waals surface area contributed by atoms with Crippen molar-refractivity contribution in [2.75, 3.05) is 0 Å². The van der Waals surface area contributed by atoms with Crippen LogP contribution >= 0.6 is 0 Å². The number of nitrogens with zero attached hydrogens (tertiary/aromatic N) is 1. The minimum Gasteiger partial charge on any atom is -0.170 e. The first-order valence-corrected chi connectivity index (χ1v) is 2.89. The van der Waals surface area contributed by atoms with Crippen molar-refractivity contribution in [2.45, 2.75) is 12.2 Å². The summed E-state index contributed by atoms with van der Waals surface area (Å²) in [6, 6.07) is -5.65. The van der Waals surface area contributed by atoms with E-state index >= 15 is 0 Å². The molecule has 9 heteroatoms. The Balaban J connectivity index is 4.61. The van der Waals surface area contributed by atoms with Crippen LogP contribution in [0.25, 0.3) is 0 Å². The van der Waals surface area contributed by atoms with E-state index < -0.39 is 23.7 Å². The Hall–Kier alpha value is -0.340. The molecule has 0 aromatic rings. The number of hydrogen-bond donors (Lipinski definition) is 0. The first-order chi connectivity index (χ1) is 4.67. The summed E-state index contributed by atoms with van der Waals surface area (Å²) in [5.41, 5.74) is 0. The predicted molar refractivity (Wildman–Crippen MR) is 23.0 cm³/mol. The van der Waals surface area contributed by atoms with Crippen molar-refractivity contribution in [3.8, 4) is 0 Å². The Labute approximate surface area is 58.9 Å². The second-order valence-corrected chi connectivity index (χ2v) is 1.90. The third-order valence-corrected chi connectivity index (χ3v) is 0.892. The smallest absolute Gasteiger partial charge is 0.170 e. The predicted octanol–water partition coefficient (Wildman–Crippen LogP) is 2.71. The maximum atomic E-state index is 11.4. The Morgan fingerprint density at radius 3 is 1.36 bits per heavy atom. The van der Waals surface area contributed by atoms with Crippen LogP contribution in [0.3, 0.4) is 0 Å². The van der Waals surface area contributed by atoms with E-state index in [0.29, 0.717) is 0 Å². The SMILES string of the molecule is FS(F)=NC(F)(F)C(F)(F)F. The molecule has 0 aliphatic rings. The number of hydrogen-bond acceptors (Lipinski definition) is 1. The van der Waals surface area contributed by atoms with Gasteiger partial charge in [-0.2, -0.15) is 22.0 Å². The molecule has 0 amide bonds. The molecule has 68 valence electrons. The van der Waals surface area contributed by atoms with Gasteiger partial charge >= 0.3 is 12.2 Å². The van der Waals surface area contributed by atoms with E-state index in [1.807, 2.05) is 0 Å². The van der Waals surface area contributed by atoms with Gasteiger partial charge in [0.2, 0.25) is 0 Å². The van der Waals surface area contributed by atoms with Gasteiger partial charge < -0.3 is 0 Å². The highest BCUT2D eigenvalue weighted by atomic mass is 32.2. The van der Waals surface area contributed by atoms with E-state index in [4.69, 9.17) is 0 Å². The Morgan fingerprint density at radius 2 is 1.27 bits per heavy atom. The molecule has 0 saturated carbocycles. The van der Waals surface area contributed by atoms with Gasteiger partial charge in [0.05, 0.1) is 0 Å². The quantitative estimate of drug-likeness (QED) is 0.459. The van der Waals surface area contributed by atoms with E-state index in [1.165, 1.54) is 0 Å². The minimum atomic E-state index is -6.05. The van der Waals surface area contributed by atoms with E-state index in [1.54, 1.807) is 0 Å². The van der Waals surface area contributed by atoms with Gasteiger partial charge in [-0.3, -0.25) is 0 Å². The fraction of sp³-hybridized carbons (Fsp3) is 1.00. The zero-order chi connectivity index (χ0) is 9.28. The lowest BCUT2D eigenvalue weighted by atomic mass is 10.6. The van der Waals surface area contributed by atoms with Crippen LogP contribution in [-0.4, -0.2) is 12.2 Å². The van der Waals surface area contributed by atoms with Crippen molar-refractivity contribution >= 4 is 11.5 Å². The van der Waals surface area contributed by atoms with Gasteiger partial charge in [0, 0.05) is 0 Å². The summed E-state index contributed by atoms with van der Waals surface area (Å²) in [6.45, 7) is 0. The van der Waals surface area contributed by atoms with Gasteiger partial charge in [0.15, 0.2) is 0 Å². The second-order valence-electron chi connectivity index (χ2n) is 1.33. The van der Waals surface area contributed by atoms with Crippen molar-refractivity contribution in [1.29, 1.82) is 0 Å². The molecule has 0 unspecified atom stereocenters. The van der Waals surface area contributed by atoms with Crippen molar-refractivity contribution in [3.63, 3.8) is 0 Å². The normalized spacial score (nSPS) is 13.8. The van der Waals surface area contributed by atoms with Crippen LogP contribution in [0.1, 0.15) is 0 Å². The summed E-state index contributed by atoms with van der Waals surface area (Å²) in [5.74, 6) is 0. The first-order valence-electron chi connectivity index (χ1n) is 1.91. The highest BCUT2D eigenvalue weighted by Gasteiger charge is 2.59. The Morgan fingerprint density at radius 1 is 0.909 bits per heavy atom. The summed E-state index contributed by atoms with van der Waals surface area (Å²) < 4.78 is 78.7. The molecule has 0 heterocycles. The molecule has 0 spiro atoms.